The Balaban J connectivity index is 2.97. The lowest BCUT2D eigenvalue weighted by atomic mass is 10.2. The van der Waals surface area contributed by atoms with Crippen molar-refractivity contribution < 1.29 is 23.4 Å². The van der Waals surface area contributed by atoms with Crippen LogP contribution in [0.5, 0.6) is 5.75 Å². The summed E-state index contributed by atoms with van der Waals surface area (Å²) in [7, 11) is 0. The minimum absolute atomic E-state index is 0.111. The maximum Gasteiger partial charge on any atom is 0.387 e. The molecule has 15 heavy (non-hydrogen) atoms. The summed E-state index contributed by atoms with van der Waals surface area (Å²) in [6.45, 7) is -2.96. The number of para-hydroxylation sites is 1. The second-order valence-electron chi connectivity index (χ2n) is 2.43. The molecule has 0 fully saturated rings. The fourth-order valence-corrected chi connectivity index (χ4v) is 0.889. The number of alkyl halides is 2. The molecule has 1 aromatic carbocycles. The zero-order chi connectivity index (χ0) is 11.3. The van der Waals surface area contributed by atoms with Gasteiger partial charge in [-0.2, -0.15) is 8.78 Å². The lowest BCUT2D eigenvalue weighted by molar-refractivity contribution is -0.130. The third-order valence-electron chi connectivity index (χ3n) is 1.41. The Morgan fingerprint density at radius 2 is 2.07 bits per heavy atom. The molecule has 1 aromatic rings. The smallest absolute Gasteiger partial charge is 0.387 e. The molecular weight excluding hydrogens is 206 g/mol. The summed E-state index contributed by atoms with van der Waals surface area (Å²) in [6, 6.07) is 5.72. The average molecular weight is 212 g/mol. The van der Waals surface area contributed by atoms with Gasteiger partial charge < -0.3 is 9.84 Å². The van der Waals surface area contributed by atoms with E-state index < -0.39 is 12.6 Å². The van der Waals surface area contributed by atoms with E-state index in [-0.39, 0.29) is 11.3 Å². The van der Waals surface area contributed by atoms with Gasteiger partial charge in [0.25, 0.3) is 0 Å². The van der Waals surface area contributed by atoms with Crippen molar-refractivity contribution in [1.82, 2.24) is 0 Å². The highest BCUT2D eigenvalue weighted by molar-refractivity contribution is 5.87. The summed E-state index contributed by atoms with van der Waals surface area (Å²) in [5.41, 5.74) is 0.111. The Bertz CT molecular complexity index is 418. The zero-order valence-electron chi connectivity index (χ0n) is 7.41. The van der Waals surface area contributed by atoms with Crippen LogP contribution in [-0.4, -0.2) is 17.7 Å². The van der Waals surface area contributed by atoms with E-state index in [0.717, 1.165) is 0 Å². The molecule has 0 saturated carbocycles. The van der Waals surface area contributed by atoms with Crippen LogP contribution >= 0.6 is 0 Å². The van der Waals surface area contributed by atoms with Gasteiger partial charge in [0, 0.05) is 5.92 Å². The number of halogens is 2. The standard InChI is InChI=1S/C10H6F2O3/c11-10(12)15-8-4-2-1-3-7(8)5-6-9(13)14/h1-4,10H,(H,13,14). The van der Waals surface area contributed by atoms with E-state index in [0.29, 0.717) is 0 Å². The van der Waals surface area contributed by atoms with Gasteiger partial charge in [0.2, 0.25) is 0 Å². The number of carbonyl (C=O) groups is 1. The van der Waals surface area contributed by atoms with Crippen molar-refractivity contribution in [2.75, 3.05) is 0 Å². The van der Waals surface area contributed by atoms with E-state index in [2.05, 4.69) is 10.7 Å². The van der Waals surface area contributed by atoms with E-state index in [4.69, 9.17) is 5.11 Å². The highest BCUT2D eigenvalue weighted by Crippen LogP contribution is 2.18. The molecule has 0 bridgehead atoms. The minimum atomic E-state index is -2.96. The van der Waals surface area contributed by atoms with Crippen molar-refractivity contribution >= 4 is 5.97 Å². The summed E-state index contributed by atoms with van der Waals surface area (Å²) in [5.74, 6) is 2.56. The molecule has 0 atom stereocenters. The lowest BCUT2D eigenvalue weighted by Gasteiger charge is -2.05. The van der Waals surface area contributed by atoms with E-state index in [9.17, 15) is 13.6 Å². The summed E-state index contributed by atoms with van der Waals surface area (Å²) >= 11 is 0. The molecule has 0 heterocycles. The molecule has 0 aliphatic heterocycles. The SMILES string of the molecule is O=C(O)C#Cc1ccccc1OC(F)F. The van der Waals surface area contributed by atoms with Crippen LogP contribution in [0, 0.1) is 11.8 Å². The van der Waals surface area contributed by atoms with Crippen molar-refractivity contribution in [3.05, 3.63) is 29.8 Å². The first-order valence-electron chi connectivity index (χ1n) is 3.88. The summed E-state index contributed by atoms with van der Waals surface area (Å²) < 4.78 is 28.0. The Kier molecular flexibility index (Phi) is 3.63. The third-order valence-corrected chi connectivity index (χ3v) is 1.41. The number of rotatable bonds is 2. The van der Waals surface area contributed by atoms with E-state index in [1.807, 2.05) is 5.92 Å². The maximum atomic E-state index is 11.9. The van der Waals surface area contributed by atoms with Crippen LogP contribution in [-0.2, 0) is 4.79 Å². The number of hydrogen-bond acceptors (Lipinski definition) is 2. The van der Waals surface area contributed by atoms with Gasteiger partial charge in [-0.1, -0.05) is 18.1 Å². The molecule has 0 spiro atoms. The molecular formula is C10H6F2O3. The Hall–Kier alpha value is -2.09. The van der Waals surface area contributed by atoms with Crippen molar-refractivity contribution in [2.24, 2.45) is 0 Å². The molecule has 0 radical (unpaired) electrons. The van der Waals surface area contributed by atoms with E-state index in [1.165, 1.54) is 18.2 Å². The molecule has 0 saturated heterocycles. The summed E-state index contributed by atoms with van der Waals surface area (Å²) in [4.78, 5) is 10.1. The molecule has 1 N–H and O–H groups in total. The Morgan fingerprint density at radius 1 is 1.40 bits per heavy atom. The van der Waals surface area contributed by atoms with Gasteiger partial charge in [-0.3, -0.25) is 0 Å². The molecule has 0 amide bonds. The van der Waals surface area contributed by atoms with Gasteiger partial charge in [-0.05, 0) is 12.1 Å². The van der Waals surface area contributed by atoms with Crippen LogP contribution in [0.25, 0.3) is 0 Å². The molecule has 1 rings (SSSR count). The van der Waals surface area contributed by atoms with Crippen LogP contribution in [0.1, 0.15) is 5.56 Å². The van der Waals surface area contributed by atoms with Gasteiger partial charge in [0.15, 0.2) is 0 Å². The highest BCUT2D eigenvalue weighted by atomic mass is 19.3. The van der Waals surface area contributed by atoms with Crippen molar-refractivity contribution in [2.45, 2.75) is 6.61 Å². The van der Waals surface area contributed by atoms with Crippen molar-refractivity contribution in [1.29, 1.82) is 0 Å². The average Bonchev–Trinajstić information content (AvgIpc) is 2.15. The normalized spacial score (nSPS) is 9.27. The topological polar surface area (TPSA) is 46.5 Å². The molecule has 0 unspecified atom stereocenters. The van der Waals surface area contributed by atoms with Crippen molar-refractivity contribution in [3.63, 3.8) is 0 Å². The maximum absolute atomic E-state index is 11.9. The molecule has 3 nitrogen and oxygen atoms in total. The second-order valence-corrected chi connectivity index (χ2v) is 2.43. The number of benzene rings is 1. The zero-order valence-corrected chi connectivity index (χ0v) is 7.41. The number of aliphatic carboxylic acids is 1. The van der Waals surface area contributed by atoms with Gasteiger partial charge in [-0.15, -0.1) is 0 Å². The first-order valence-corrected chi connectivity index (χ1v) is 3.88. The number of hydrogen-bond donors (Lipinski definition) is 1. The molecule has 78 valence electrons. The predicted octanol–water partition coefficient (Wildman–Crippen LogP) is 1.72. The van der Waals surface area contributed by atoms with Gasteiger partial charge in [-0.25, -0.2) is 4.79 Å². The van der Waals surface area contributed by atoms with E-state index >= 15 is 0 Å². The van der Waals surface area contributed by atoms with E-state index in [1.54, 1.807) is 6.07 Å². The van der Waals surface area contributed by atoms with Crippen LogP contribution in [0.3, 0.4) is 0 Å². The summed E-state index contributed by atoms with van der Waals surface area (Å²) in [6.07, 6.45) is 0. The number of carboxylic acid groups (broad SMARTS) is 1. The van der Waals surface area contributed by atoms with Crippen LogP contribution < -0.4 is 4.74 Å². The fourth-order valence-electron chi connectivity index (χ4n) is 0.889. The molecule has 5 heteroatoms. The minimum Gasteiger partial charge on any atom is -0.472 e. The van der Waals surface area contributed by atoms with Gasteiger partial charge >= 0.3 is 12.6 Å². The lowest BCUT2D eigenvalue weighted by Crippen LogP contribution is -2.03. The quantitative estimate of drug-likeness (QED) is 0.759. The molecule has 0 aromatic heterocycles. The second kappa shape index (κ2) is 4.96. The largest absolute Gasteiger partial charge is 0.472 e. The first-order chi connectivity index (χ1) is 7.09. The Labute approximate surface area is 84.3 Å². The third kappa shape index (κ3) is 3.65. The number of carboxylic acids is 1. The monoisotopic (exact) mass is 212 g/mol. The highest BCUT2D eigenvalue weighted by Gasteiger charge is 2.07. The van der Waals surface area contributed by atoms with Crippen LogP contribution in [0.2, 0.25) is 0 Å². The fraction of sp³-hybridized carbons (Fsp3) is 0.100. The summed E-state index contributed by atoms with van der Waals surface area (Å²) in [5, 5.41) is 8.28. The first kappa shape index (κ1) is 11.0. The molecule has 0 aliphatic carbocycles. The van der Waals surface area contributed by atoms with Crippen molar-refractivity contribution in [3.8, 4) is 17.6 Å². The number of ether oxygens (including phenoxy) is 1. The molecule has 0 aliphatic rings. The Morgan fingerprint density at radius 3 is 2.67 bits per heavy atom. The predicted molar refractivity (Wildman–Crippen MR) is 47.6 cm³/mol. The van der Waals surface area contributed by atoms with Crippen LogP contribution in [0.4, 0.5) is 8.78 Å². The van der Waals surface area contributed by atoms with Crippen LogP contribution in [0.15, 0.2) is 24.3 Å². The van der Waals surface area contributed by atoms with Gasteiger partial charge in [0.1, 0.15) is 5.75 Å². The van der Waals surface area contributed by atoms with Gasteiger partial charge in [0.05, 0.1) is 5.56 Å².